The first-order valence-corrected chi connectivity index (χ1v) is 9.25. The lowest BCUT2D eigenvalue weighted by atomic mass is 9.88. The van der Waals surface area contributed by atoms with Gasteiger partial charge >= 0.3 is 12.2 Å². The standard InChI is InChI=1S/C19H20F3N3O3/c20-19(21,22)8-11-1-2-12-9-25(10-13(12)7-11)15(26)5-6-18(14-3-4-14)16(27)23-17(28)24-18/h1-2,7,14H,3-6,8-10H2,(H2,23,24,27,28)/t18-/m0/s1. The van der Waals surface area contributed by atoms with E-state index in [0.717, 1.165) is 24.0 Å². The molecule has 1 aliphatic carbocycles. The van der Waals surface area contributed by atoms with Crippen molar-refractivity contribution < 1.29 is 27.6 Å². The van der Waals surface area contributed by atoms with Crippen LogP contribution in [-0.4, -0.2) is 34.5 Å². The van der Waals surface area contributed by atoms with E-state index in [0.29, 0.717) is 6.54 Å². The second-order valence-corrected chi connectivity index (χ2v) is 7.80. The highest BCUT2D eigenvalue weighted by Gasteiger charge is 2.55. The molecule has 0 aromatic heterocycles. The third-order valence-corrected chi connectivity index (χ3v) is 5.73. The lowest BCUT2D eigenvalue weighted by Gasteiger charge is -2.26. The van der Waals surface area contributed by atoms with Crippen molar-refractivity contribution >= 4 is 17.8 Å². The number of fused-ring (bicyclic) bond motifs is 1. The second kappa shape index (κ2) is 6.49. The van der Waals surface area contributed by atoms with Gasteiger partial charge in [0.15, 0.2) is 0 Å². The van der Waals surface area contributed by atoms with Gasteiger partial charge in [0.25, 0.3) is 5.91 Å². The molecule has 2 N–H and O–H groups in total. The van der Waals surface area contributed by atoms with Gasteiger partial charge < -0.3 is 10.2 Å². The Morgan fingerprint density at radius 2 is 1.89 bits per heavy atom. The molecule has 0 unspecified atom stereocenters. The van der Waals surface area contributed by atoms with Crippen LogP contribution in [0, 0.1) is 5.92 Å². The van der Waals surface area contributed by atoms with E-state index in [1.165, 1.54) is 12.1 Å². The van der Waals surface area contributed by atoms with E-state index in [-0.39, 0.29) is 42.7 Å². The van der Waals surface area contributed by atoms with Crippen LogP contribution in [0.1, 0.15) is 42.4 Å². The van der Waals surface area contributed by atoms with Crippen molar-refractivity contribution in [3.63, 3.8) is 0 Å². The number of benzene rings is 1. The van der Waals surface area contributed by atoms with Crippen LogP contribution in [-0.2, 0) is 29.1 Å². The monoisotopic (exact) mass is 395 g/mol. The average molecular weight is 395 g/mol. The smallest absolute Gasteiger partial charge is 0.334 e. The molecule has 0 spiro atoms. The van der Waals surface area contributed by atoms with Crippen LogP contribution in [0.3, 0.4) is 0 Å². The Morgan fingerprint density at radius 3 is 2.50 bits per heavy atom. The largest absolute Gasteiger partial charge is 0.393 e. The van der Waals surface area contributed by atoms with E-state index in [2.05, 4.69) is 10.6 Å². The number of hydrogen-bond acceptors (Lipinski definition) is 3. The molecular weight excluding hydrogens is 375 g/mol. The number of carbonyl (C=O) groups excluding carboxylic acids is 3. The average Bonchev–Trinajstić information content (AvgIpc) is 3.29. The normalized spacial score (nSPS) is 24.2. The molecule has 1 saturated heterocycles. The van der Waals surface area contributed by atoms with E-state index in [4.69, 9.17) is 0 Å². The summed E-state index contributed by atoms with van der Waals surface area (Å²) in [6.45, 7) is 0.601. The molecule has 1 aromatic carbocycles. The molecule has 1 aromatic rings. The summed E-state index contributed by atoms with van der Waals surface area (Å²) in [5.41, 5.74) is 0.722. The lowest BCUT2D eigenvalue weighted by Crippen LogP contribution is -2.49. The van der Waals surface area contributed by atoms with Gasteiger partial charge in [0.1, 0.15) is 5.54 Å². The van der Waals surface area contributed by atoms with Gasteiger partial charge in [-0.3, -0.25) is 14.9 Å². The minimum atomic E-state index is -4.27. The van der Waals surface area contributed by atoms with Crippen molar-refractivity contribution in [2.45, 2.75) is 56.9 Å². The number of amides is 4. The Morgan fingerprint density at radius 1 is 1.18 bits per heavy atom. The molecule has 9 heteroatoms. The van der Waals surface area contributed by atoms with E-state index < -0.39 is 24.2 Å². The van der Waals surface area contributed by atoms with Crippen LogP contribution in [0.2, 0.25) is 0 Å². The van der Waals surface area contributed by atoms with Gasteiger partial charge in [-0.2, -0.15) is 13.2 Å². The van der Waals surface area contributed by atoms with Crippen LogP contribution in [0.4, 0.5) is 18.0 Å². The van der Waals surface area contributed by atoms with Gasteiger partial charge in [0.05, 0.1) is 6.42 Å². The van der Waals surface area contributed by atoms with Crippen LogP contribution in [0.25, 0.3) is 0 Å². The van der Waals surface area contributed by atoms with Crippen LogP contribution in [0.5, 0.6) is 0 Å². The number of halogens is 3. The molecule has 2 aliphatic heterocycles. The van der Waals surface area contributed by atoms with Crippen LogP contribution in [0.15, 0.2) is 18.2 Å². The molecule has 1 atom stereocenters. The Balaban J connectivity index is 1.39. The number of hydrogen-bond donors (Lipinski definition) is 2. The molecule has 1 saturated carbocycles. The number of nitrogens with one attached hydrogen (secondary N) is 2. The second-order valence-electron chi connectivity index (χ2n) is 7.80. The first-order chi connectivity index (χ1) is 13.2. The van der Waals surface area contributed by atoms with Gasteiger partial charge in [0, 0.05) is 19.5 Å². The fourth-order valence-corrected chi connectivity index (χ4v) is 4.18. The van der Waals surface area contributed by atoms with Gasteiger partial charge in [-0.15, -0.1) is 0 Å². The number of alkyl halides is 3. The molecule has 2 heterocycles. The summed E-state index contributed by atoms with van der Waals surface area (Å²) in [4.78, 5) is 38.0. The van der Waals surface area contributed by atoms with Crippen molar-refractivity contribution in [3.8, 4) is 0 Å². The lowest BCUT2D eigenvalue weighted by molar-refractivity contribution is -0.133. The Kier molecular flexibility index (Phi) is 4.35. The minimum absolute atomic E-state index is 0.0486. The molecular formula is C19H20F3N3O3. The maximum Gasteiger partial charge on any atom is 0.393 e. The molecule has 28 heavy (non-hydrogen) atoms. The predicted molar refractivity (Wildman–Crippen MR) is 91.8 cm³/mol. The third-order valence-electron chi connectivity index (χ3n) is 5.73. The molecule has 2 fully saturated rings. The van der Waals surface area contributed by atoms with Gasteiger partial charge in [-0.05, 0) is 41.9 Å². The van der Waals surface area contributed by atoms with E-state index in [1.54, 1.807) is 11.0 Å². The van der Waals surface area contributed by atoms with Crippen molar-refractivity contribution in [2.24, 2.45) is 5.92 Å². The Labute approximate surface area is 159 Å². The summed E-state index contributed by atoms with van der Waals surface area (Å²) in [5, 5.41) is 4.95. The van der Waals surface area contributed by atoms with Crippen LogP contribution < -0.4 is 10.6 Å². The first-order valence-electron chi connectivity index (χ1n) is 9.25. The number of imide groups is 1. The Hall–Kier alpha value is -2.58. The summed E-state index contributed by atoms with van der Waals surface area (Å²) in [6.07, 6.45) is -3.29. The topological polar surface area (TPSA) is 78.5 Å². The quantitative estimate of drug-likeness (QED) is 0.752. The zero-order valence-electron chi connectivity index (χ0n) is 15.1. The van der Waals surface area contributed by atoms with Crippen molar-refractivity contribution in [2.75, 3.05) is 0 Å². The highest BCUT2D eigenvalue weighted by Crippen LogP contribution is 2.44. The molecule has 4 rings (SSSR count). The predicted octanol–water partition coefficient (Wildman–Crippen LogP) is 2.40. The van der Waals surface area contributed by atoms with E-state index >= 15 is 0 Å². The number of urea groups is 1. The summed E-state index contributed by atoms with van der Waals surface area (Å²) >= 11 is 0. The van der Waals surface area contributed by atoms with Crippen LogP contribution >= 0.6 is 0 Å². The molecule has 0 bridgehead atoms. The third kappa shape index (κ3) is 3.57. The zero-order valence-corrected chi connectivity index (χ0v) is 15.1. The summed E-state index contributed by atoms with van der Waals surface area (Å²) in [7, 11) is 0. The van der Waals surface area contributed by atoms with Gasteiger partial charge in [-0.25, -0.2) is 4.79 Å². The fraction of sp³-hybridized carbons (Fsp3) is 0.526. The van der Waals surface area contributed by atoms with E-state index in [1.807, 2.05) is 0 Å². The SMILES string of the molecule is O=C1NC(=O)[C@](CCC(=O)N2Cc3ccc(CC(F)(F)F)cc3C2)(C2CC2)N1. The van der Waals surface area contributed by atoms with Crippen molar-refractivity contribution in [1.82, 2.24) is 15.5 Å². The molecule has 150 valence electrons. The molecule has 6 nitrogen and oxygen atoms in total. The summed E-state index contributed by atoms with van der Waals surface area (Å²) in [5.74, 6) is -0.510. The fourth-order valence-electron chi connectivity index (χ4n) is 4.18. The zero-order chi connectivity index (χ0) is 20.1. The van der Waals surface area contributed by atoms with Crippen molar-refractivity contribution in [1.29, 1.82) is 0 Å². The maximum absolute atomic E-state index is 12.7. The number of carbonyl (C=O) groups is 3. The number of nitrogens with zero attached hydrogens (tertiary/aromatic N) is 1. The van der Waals surface area contributed by atoms with Crippen molar-refractivity contribution in [3.05, 3.63) is 34.9 Å². The van der Waals surface area contributed by atoms with E-state index in [9.17, 15) is 27.6 Å². The number of rotatable bonds is 5. The highest BCUT2D eigenvalue weighted by atomic mass is 19.4. The Bertz CT molecular complexity index is 851. The minimum Gasteiger partial charge on any atom is -0.334 e. The molecule has 4 amide bonds. The first kappa shape index (κ1) is 18.8. The molecule has 0 radical (unpaired) electrons. The molecule has 3 aliphatic rings. The van der Waals surface area contributed by atoms with Gasteiger partial charge in [0.2, 0.25) is 5.91 Å². The van der Waals surface area contributed by atoms with Gasteiger partial charge in [-0.1, -0.05) is 18.2 Å². The summed E-state index contributed by atoms with van der Waals surface area (Å²) < 4.78 is 37.8. The highest BCUT2D eigenvalue weighted by molar-refractivity contribution is 6.07. The summed E-state index contributed by atoms with van der Waals surface area (Å²) in [6, 6.07) is 4.06. The maximum atomic E-state index is 12.7.